The highest BCUT2D eigenvalue weighted by atomic mass is 79.9. The number of phenolic OH excluding ortho intramolecular Hbond substituents is 1. The summed E-state index contributed by atoms with van der Waals surface area (Å²) in [7, 11) is 0. The molecular weight excluding hydrogens is 330 g/mol. The molecule has 108 valence electrons. The van der Waals surface area contributed by atoms with E-state index in [2.05, 4.69) is 27.3 Å². The van der Waals surface area contributed by atoms with Crippen molar-refractivity contribution in [3.63, 3.8) is 0 Å². The number of hydrogen-bond acceptors (Lipinski definition) is 2. The average Bonchev–Trinajstić information content (AvgIpc) is 2.47. The predicted molar refractivity (Wildman–Crippen MR) is 86.8 cm³/mol. The molecule has 2 aromatic carbocycles. The van der Waals surface area contributed by atoms with Gasteiger partial charge in [0.15, 0.2) is 0 Å². The topological polar surface area (TPSA) is 49.3 Å². The lowest BCUT2D eigenvalue weighted by atomic mass is 9.90. The number of rotatable bonds is 2. The second-order valence-electron chi connectivity index (χ2n) is 5.27. The van der Waals surface area contributed by atoms with Crippen LogP contribution in [0.5, 0.6) is 5.75 Å². The maximum atomic E-state index is 12.3. The van der Waals surface area contributed by atoms with E-state index in [1.165, 1.54) is 23.6 Å². The molecule has 0 spiro atoms. The predicted octanol–water partition coefficient (Wildman–Crippen LogP) is 4.29. The van der Waals surface area contributed by atoms with Crippen LogP contribution in [0, 0.1) is 0 Å². The van der Waals surface area contributed by atoms with Crippen LogP contribution in [0.25, 0.3) is 0 Å². The van der Waals surface area contributed by atoms with Gasteiger partial charge in [0.2, 0.25) is 0 Å². The zero-order valence-electron chi connectivity index (χ0n) is 11.5. The van der Waals surface area contributed by atoms with Crippen LogP contribution in [0.3, 0.4) is 0 Å². The molecule has 0 atom stereocenters. The lowest BCUT2D eigenvalue weighted by molar-refractivity contribution is 0.102. The Morgan fingerprint density at radius 1 is 1.14 bits per heavy atom. The highest BCUT2D eigenvalue weighted by Crippen LogP contribution is 2.29. The van der Waals surface area contributed by atoms with E-state index in [1.54, 1.807) is 12.1 Å². The molecule has 2 N–H and O–H groups in total. The van der Waals surface area contributed by atoms with Crippen LogP contribution in [0.15, 0.2) is 40.9 Å². The van der Waals surface area contributed by atoms with E-state index in [-0.39, 0.29) is 17.2 Å². The largest absolute Gasteiger partial charge is 0.507 e. The molecule has 0 fully saturated rings. The molecule has 0 unspecified atom stereocenters. The van der Waals surface area contributed by atoms with Crippen LogP contribution in [-0.2, 0) is 12.8 Å². The third kappa shape index (κ3) is 2.95. The number of fused-ring (bicyclic) bond motifs is 1. The van der Waals surface area contributed by atoms with E-state index in [0.717, 1.165) is 29.4 Å². The number of nitrogens with one attached hydrogen (secondary N) is 1. The Labute approximate surface area is 132 Å². The number of amides is 1. The fourth-order valence-corrected chi connectivity index (χ4v) is 3.13. The Hall–Kier alpha value is -1.81. The van der Waals surface area contributed by atoms with Gasteiger partial charge in [-0.05, 0) is 61.1 Å². The lowest BCUT2D eigenvalue weighted by Crippen LogP contribution is -2.15. The molecule has 21 heavy (non-hydrogen) atoms. The summed E-state index contributed by atoms with van der Waals surface area (Å²) in [4.78, 5) is 12.3. The highest BCUT2D eigenvalue weighted by Gasteiger charge is 2.16. The summed E-state index contributed by atoms with van der Waals surface area (Å²) in [5.74, 6) is -0.300. The van der Waals surface area contributed by atoms with Crippen LogP contribution >= 0.6 is 15.9 Å². The van der Waals surface area contributed by atoms with Crippen molar-refractivity contribution in [3.05, 3.63) is 57.6 Å². The molecular formula is C17H16BrNO2. The summed E-state index contributed by atoms with van der Waals surface area (Å²) in [6.07, 6.45) is 4.43. The van der Waals surface area contributed by atoms with E-state index in [4.69, 9.17) is 0 Å². The third-order valence-corrected chi connectivity index (χ3v) is 4.34. The number of benzene rings is 2. The average molecular weight is 346 g/mol. The maximum absolute atomic E-state index is 12.3. The Bertz CT molecular complexity index is 697. The standard InChI is InChI=1S/C17H16BrNO2/c18-12-8-9-14(16(20)10-12)17(21)19-15-7-3-5-11-4-1-2-6-13(11)15/h3,5,7-10,20H,1-2,4,6H2,(H,19,21). The van der Waals surface area contributed by atoms with Gasteiger partial charge in [-0.2, -0.15) is 0 Å². The Balaban J connectivity index is 1.88. The minimum atomic E-state index is -0.279. The number of aromatic hydroxyl groups is 1. The van der Waals surface area contributed by atoms with E-state index in [9.17, 15) is 9.90 Å². The van der Waals surface area contributed by atoms with Gasteiger partial charge in [-0.1, -0.05) is 28.1 Å². The Morgan fingerprint density at radius 3 is 2.76 bits per heavy atom. The second kappa shape index (κ2) is 5.90. The van der Waals surface area contributed by atoms with Gasteiger partial charge in [0.05, 0.1) is 5.56 Å². The number of aryl methyl sites for hydroxylation is 1. The first-order chi connectivity index (χ1) is 10.1. The van der Waals surface area contributed by atoms with Gasteiger partial charge in [0, 0.05) is 10.2 Å². The third-order valence-electron chi connectivity index (χ3n) is 3.85. The quantitative estimate of drug-likeness (QED) is 0.852. The molecule has 0 saturated carbocycles. The van der Waals surface area contributed by atoms with Crippen LogP contribution < -0.4 is 5.32 Å². The molecule has 0 saturated heterocycles. The number of anilines is 1. The van der Waals surface area contributed by atoms with Crippen molar-refractivity contribution in [1.82, 2.24) is 0 Å². The van der Waals surface area contributed by atoms with Crippen molar-refractivity contribution < 1.29 is 9.90 Å². The van der Waals surface area contributed by atoms with E-state index < -0.39 is 0 Å². The van der Waals surface area contributed by atoms with Gasteiger partial charge in [0.25, 0.3) is 5.91 Å². The number of carbonyl (C=O) groups is 1. The number of carbonyl (C=O) groups excluding carboxylic acids is 1. The number of phenols is 1. The van der Waals surface area contributed by atoms with Gasteiger partial charge < -0.3 is 10.4 Å². The SMILES string of the molecule is O=C(Nc1cccc2c1CCCC2)c1ccc(Br)cc1O. The van der Waals surface area contributed by atoms with E-state index >= 15 is 0 Å². The molecule has 4 heteroatoms. The fraction of sp³-hybridized carbons (Fsp3) is 0.235. The van der Waals surface area contributed by atoms with Crippen molar-refractivity contribution in [2.45, 2.75) is 25.7 Å². The van der Waals surface area contributed by atoms with Crippen molar-refractivity contribution in [1.29, 1.82) is 0 Å². The van der Waals surface area contributed by atoms with Gasteiger partial charge in [-0.15, -0.1) is 0 Å². The monoisotopic (exact) mass is 345 g/mol. The van der Waals surface area contributed by atoms with Crippen LogP contribution in [0.1, 0.15) is 34.3 Å². The van der Waals surface area contributed by atoms with Gasteiger partial charge in [-0.3, -0.25) is 4.79 Å². The van der Waals surface area contributed by atoms with Crippen molar-refractivity contribution in [3.8, 4) is 5.75 Å². The van der Waals surface area contributed by atoms with Gasteiger partial charge in [-0.25, -0.2) is 0 Å². The molecule has 0 aliphatic heterocycles. The molecule has 0 radical (unpaired) electrons. The lowest BCUT2D eigenvalue weighted by Gasteiger charge is -2.19. The molecule has 0 aromatic heterocycles. The minimum absolute atomic E-state index is 0.0216. The molecule has 3 rings (SSSR count). The molecule has 1 aliphatic carbocycles. The number of hydrogen-bond donors (Lipinski definition) is 2. The van der Waals surface area contributed by atoms with E-state index in [0.29, 0.717) is 0 Å². The van der Waals surface area contributed by atoms with Gasteiger partial charge in [0.1, 0.15) is 5.75 Å². The van der Waals surface area contributed by atoms with Crippen LogP contribution in [0.4, 0.5) is 5.69 Å². The summed E-state index contributed by atoms with van der Waals surface area (Å²) >= 11 is 3.27. The van der Waals surface area contributed by atoms with Crippen LogP contribution in [0.2, 0.25) is 0 Å². The maximum Gasteiger partial charge on any atom is 0.259 e. The summed E-state index contributed by atoms with van der Waals surface area (Å²) in [6.45, 7) is 0. The summed E-state index contributed by atoms with van der Waals surface area (Å²) in [5.41, 5.74) is 3.69. The highest BCUT2D eigenvalue weighted by molar-refractivity contribution is 9.10. The fourth-order valence-electron chi connectivity index (χ4n) is 2.78. The summed E-state index contributed by atoms with van der Waals surface area (Å²) < 4.78 is 0.744. The Morgan fingerprint density at radius 2 is 1.95 bits per heavy atom. The molecule has 2 aromatic rings. The number of halogens is 1. The normalized spacial score (nSPS) is 13.6. The molecule has 1 amide bonds. The first-order valence-electron chi connectivity index (χ1n) is 7.06. The van der Waals surface area contributed by atoms with Crippen LogP contribution in [-0.4, -0.2) is 11.0 Å². The van der Waals surface area contributed by atoms with Gasteiger partial charge >= 0.3 is 0 Å². The van der Waals surface area contributed by atoms with E-state index in [1.807, 2.05) is 12.1 Å². The zero-order valence-corrected chi connectivity index (χ0v) is 13.1. The first kappa shape index (κ1) is 14.1. The minimum Gasteiger partial charge on any atom is -0.507 e. The summed E-state index contributed by atoms with van der Waals surface area (Å²) in [5, 5.41) is 12.8. The first-order valence-corrected chi connectivity index (χ1v) is 7.85. The Kier molecular flexibility index (Phi) is 3.97. The molecule has 1 aliphatic rings. The molecule has 0 bridgehead atoms. The second-order valence-corrected chi connectivity index (χ2v) is 6.18. The molecule has 3 nitrogen and oxygen atoms in total. The summed E-state index contributed by atoms with van der Waals surface area (Å²) in [6, 6.07) is 10.9. The molecule has 0 heterocycles. The zero-order chi connectivity index (χ0) is 14.8. The van der Waals surface area contributed by atoms with Crippen molar-refractivity contribution >= 4 is 27.5 Å². The van der Waals surface area contributed by atoms with Crippen molar-refractivity contribution in [2.75, 3.05) is 5.32 Å². The smallest absolute Gasteiger partial charge is 0.259 e. The van der Waals surface area contributed by atoms with Crippen molar-refractivity contribution in [2.24, 2.45) is 0 Å².